The lowest BCUT2D eigenvalue weighted by Crippen LogP contribution is -2.56. The van der Waals surface area contributed by atoms with Crippen molar-refractivity contribution in [1.29, 1.82) is 0 Å². The average Bonchev–Trinajstić information content (AvgIpc) is 2.90. The standard InChI is InChI=1S/C29H36N4O6/c1-5-18(4)24(26(35)30-22(28(37)38)15-17(2)3)32-25(34)23(16-19-11-7-6-8-12-19)33-27(36)20-13-9-10-14-21(20)31-29(33)39/h6-14,17-18,22-24H,5,15-16H2,1-4H3,(H,30,35)(H,31,39)(H,32,34)(H,37,38)/t18-,22-,23+,24-/m0/s1. The number of aromatic amines is 1. The number of nitrogens with one attached hydrogen (secondary N) is 3. The first-order valence-electron chi connectivity index (χ1n) is 13.1. The molecule has 3 rings (SSSR count). The first-order valence-corrected chi connectivity index (χ1v) is 13.1. The molecule has 0 unspecified atom stereocenters. The van der Waals surface area contributed by atoms with E-state index in [2.05, 4.69) is 15.6 Å². The molecule has 0 saturated carbocycles. The number of aliphatic carboxylic acids is 1. The molecule has 0 saturated heterocycles. The van der Waals surface area contributed by atoms with Crippen molar-refractivity contribution in [2.45, 2.75) is 65.1 Å². The molecule has 4 atom stereocenters. The van der Waals surface area contributed by atoms with E-state index < -0.39 is 47.2 Å². The lowest BCUT2D eigenvalue weighted by molar-refractivity contribution is -0.143. The van der Waals surface area contributed by atoms with Crippen LogP contribution in [-0.4, -0.2) is 44.5 Å². The third-order valence-corrected chi connectivity index (χ3v) is 6.84. The van der Waals surface area contributed by atoms with Crippen LogP contribution >= 0.6 is 0 Å². The predicted octanol–water partition coefficient (Wildman–Crippen LogP) is 2.62. The number of hydrogen-bond donors (Lipinski definition) is 4. The minimum Gasteiger partial charge on any atom is -0.480 e. The second-order valence-corrected chi connectivity index (χ2v) is 10.3. The summed E-state index contributed by atoms with van der Waals surface area (Å²) in [6, 6.07) is 12.0. The molecule has 3 aromatic rings. The molecule has 39 heavy (non-hydrogen) atoms. The summed E-state index contributed by atoms with van der Waals surface area (Å²) in [5.41, 5.74) is -0.311. The van der Waals surface area contributed by atoms with Crippen molar-refractivity contribution < 1.29 is 19.5 Å². The Labute approximate surface area is 226 Å². The lowest BCUT2D eigenvalue weighted by atomic mass is 9.96. The van der Waals surface area contributed by atoms with Gasteiger partial charge in [0, 0.05) is 6.42 Å². The highest BCUT2D eigenvalue weighted by molar-refractivity contribution is 5.91. The van der Waals surface area contributed by atoms with E-state index >= 15 is 0 Å². The van der Waals surface area contributed by atoms with Gasteiger partial charge >= 0.3 is 11.7 Å². The number of carboxylic acid groups (broad SMARTS) is 1. The van der Waals surface area contributed by atoms with Gasteiger partial charge in [-0.25, -0.2) is 14.2 Å². The van der Waals surface area contributed by atoms with Crippen molar-refractivity contribution in [1.82, 2.24) is 20.2 Å². The second-order valence-electron chi connectivity index (χ2n) is 10.3. The molecule has 10 nitrogen and oxygen atoms in total. The summed E-state index contributed by atoms with van der Waals surface area (Å²) in [5.74, 6) is -2.83. The highest BCUT2D eigenvalue weighted by Crippen LogP contribution is 2.16. The maximum Gasteiger partial charge on any atom is 0.329 e. The van der Waals surface area contributed by atoms with E-state index in [0.717, 1.165) is 4.57 Å². The van der Waals surface area contributed by atoms with E-state index in [9.17, 15) is 29.1 Å². The fourth-order valence-corrected chi connectivity index (χ4v) is 4.50. The van der Waals surface area contributed by atoms with Gasteiger partial charge in [0.2, 0.25) is 11.8 Å². The van der Waals surface area contributed by atoms with E-state index in [1.54, 1.807) is 55.5 Å². The zero-order chi connectivity index (χ0) is 28.7. The number of hydrogen-bond acceptors (Lipinski definition) is 5. The highest BCUT2D eigenvalue weighted by atomic mass is 16.4. The molecule has 0 bridgehead atoms. The zero-order valence-corrected chi connectivity index (χ0v) is 22.6. The van der Waals surface area contributed by atoms with Gasteiger partial charge in [-0.2, -0.15) is 0 Å². The smallest absolute Gasteiger partial charge is 0.329 e. The van der Waals surface area contributed by atoms with Gasteiger partial charge in [-0.1, -0.05) is 76.6 Å². The maximum atomic E-state index is 13.8. The largest absolute Gasteiger partial charge is 0.480 e. The average molecular weight is 537 g/mol. The number of rotatable bonds is 12. The first-order chi connectivity index (χ1) is 18.5. The monoisotopic (exact) mass is 536 g/mol. The number of para-hydroxylation sites is 1. The van der Waals surface area contributed by atoms with Crippen LogP contribution in [0.3, 0.4) is 0 Å². The summed E-state index contributed by atoms with van der Waals surface area (Å²) in [4.78, 5) is 68.0. The lowest BCUT2D eigenvalue weighted by Gasteiger charge is -2.28. The van der Waals surface area contributed by atoms with E-state index in [0.29, 0.717) is 17.5 Å². The van der Waals surface area contributed by atoms with Gasteiger partial charge in [0.1, 0.15) is 18.1 Å². The zero-order valence-electron chi connectivity index (χ0n) is 22.6. The Morgan fingerprint density at radius 1 is 0.923 bits per heavy atom. The third kappa shape index (κ3) is 7.22. The van der Waals surface area contributed by atoms with Crippen LogP contribution in [0.4, 0.5) is 0 Å². The molecule has 0 aliphatic rings. The van der Waals surface area contributed by atoms with Gasteiger partial charge in [-0.15, -0.1) is 0 Å². The molecule has 0 spiro atoms. The topological polar surface area (TPSA) is 150 Å². The molecule has 2 amide bonds. The van der Waals surface area contributed by atoms with E-state index in [-0.39, 0.29) is 30.1 Å². The van der Waals surface area contributed by atoms with Gasteiger partial charge in [-0.3, -0.25) is 14.4 Å². The predicted molar refractivity (Wildman–Crippen MR) is 148 cm³/mol. The van der Waals surface area contributed by atoms with Crippen molar-refractivity contribution in [3.05, 3.63) is 81.0 Å². The van der Waals surface area contributed by atoms with Crippen LogP contribution in [0.15, 0.2) is 64.2 Å². The number of H-pyrrole nitrogens is 1. The molecule has 0 fully saturated rings. The van der Waals surface area contributed by atoms with Crippen molar-refractivity contribution in [3.8, 4) is 0 Å². The Morgan fingerprint density at radius 2 is 1.56 bits per heavy atom. The van der Waals surface area contributed by atoms with Gasteiger partial charge in [0.05, 0.1) is 10.9 Å². The Bertz CT molecular complexity index is 1430. The normalized spacial score (nSPS) is 14.4. The molecule has 1 aromatic heterocycles. The number of fused-ring (bicyclic) bond motifs is 1. The first kappa shape index (κ1) is 29.3. The molecular weight excluding hydrogens is 500 g/mol. The number of carboxylic acids is 1. The summed E-state index contributed by atoms with van der Waals surface area (Å²) in [5, 5.41) is 15.1. The number of carbonyl (C=O) groups is 3. The molecule has 208 valence electrons. The Balaban J connectivity index is 2.02. The highest BCUT2D eigenvalue weighted by Gasteiger charge is 2.33. The fourth-order valence-electron chi connectivity index (χ4n) is 4.50. The molecule has 0 aliphatic heterocycles. The Hall–Kier alpha value is -4.21. The van der Waals surface area contributed by atoms with Gasteiger partial charge in [0.25, 0.3) is 5.56 Å². The fraction of sp³-hybridized carbons (Fsp3) is 0.414. The van der Waals surface area contributed by atoms with E-state index in [4.69, 9.17) is 0 Å². The van der Waals surface area contributed by atoms with Crippen LogP contribution < -0.4 is 21.9 Å². The Kier molecular flexibility index (Phi) is 9.81. The maximum absolute atomic E-state index is 13.8. The van der Waals surface area contributed by atoms with Crippen LogP contribution in [0.25, 0.3) is 10.9 Å². The van der Waals surface area contributed by atoms with Crippen LogP contribution in [0.5, 0.6) is 0 Å². The van der Waals surface area contributed by atoms with Crippen LogP contribution in [0.1, 0.15) is 52.1 Å². The molecule has 2 aromatic carbocycles. The van der Waals surface area contributed by atoms with Crippen LogP contribution in [0.2, 0.25) is 0 Å². The number of amides is 2. The summed E-state index contributed by atoms with van der Waals surface area (Å²) in [7, 11) is 0. The van der Waals surface area contributed by atoms with Crippen LogP contribution in [-0.2, 0) is 20.8 Å². The number of nitrogens with zero attached hydrogens (tertiary/aromatic N) is 1. The van der Waals surface area contributed by atoms with Gasteiger partial charge < -0.3 is 20.7 Å². The summed E-state index contributed by atoms with van der Waals surface area (Å²) >= 11 is 0. The number of aromatic nitrogens is 2. The minimum atomic E-state index is -1.27. The van der Waals surface area contributed by atoms with E-state index in [1.807, 2.05) is 26.8 Å². The molecule has 1 heterocycles. The minimum absolute atomic E-state index is 0.0183. The number of carbonyl (C=O) groups excluding carboxylic acids is 2. The van der Waals surface area contributed by atoms with Gasteiger partial charge in [-0.05, 0) is 36.0 Å². The van der Waals surface area contributed by atoms with Crippen LogP contribution in [0, 0.1) is 11.8 Å². The summed E-state index contributed by atoms with van der Waals surface area (Å²) in [6.45, 7) is 7.32. The Morgan fingerprint density at radius 3 is 2.18 bits per heavy atom. The van der Waals surface area contributed by atoms with Crippen molar-refractivity contribution in [2.24, 2.45) is 11.8 Å². The quantitative estimate of drug-likeness (QED) is 0.279. The number of benzene rings is 2. The second kappa shape index (κ2) is 13.0. The summed E-state index contributed by atoms with van der Waals surface area (Å²) < 4.78 is 0.884. The molecule has 10 heteroatoms. The summed E-state index contributed by atoms with van der Waals surface area (Å²) in [6.07, 6.45) is 0.759. The molecule has 4 N–H and O–H groups in total. The van der Waals surface area contributed by atoms with Crippen molar-refractivity contribution in [2.75, 3.05) is 0 Å². The van der Waals surface area contributed by atoms with Crippen molar-refractivity contribution in [3.63, 3.8) is 0 Å². The molecule has 0 radical (unpaired) electrons. The molecular formula is C29H36N4O6. The molecule has 0 aliphatic carbocycles. The SMILES string of the molecule is CC[C@H](C)[C@H](NC(=O)[C@@H](Cc1ccccc1)n1c(=O)[nH]c2ccccc2c1=O)C(=O)N[C@@H](CC(C)C)C(=O)O. The van der Waals surface area contributed by atoms with E-state index in [1.165, 1.54) is 0 Å². The van der Waals surface area contributed by atoms with Gasteiger partial charge in [0.15, 0.2) is 0 Å². The third-order valence-electron chi connectivity index (χ3n) is 6.84. The van der Waals surface area contributed by atoms with Crippen molar-refractivity contribution >= 4 is 28.7 Å².